The van der Waals surface area contributed by atoms with Gasteiger partial charge in [0.25, 0.3) is 10.1 Å². The number of amides is 4. The monoisotopic (exact) mass is 1230 g/mol. The minimum absolute atomic E-state index is 0. The van der Waals surface area contributed by atoms with Crippen LogP contribution in [0.25, 0.3) is 26.4 Å². The number of hydrogen-bond donors (Lipinski definition) is 2. The van der Waals surface area contributed by atoms with E-state index in [-0.39, 0.29) is 125 Å². The van der Waals surface area contributed by atoms with Gasteiger partial charge >= 0.3 is 53.9 Å². The van der Waals surface area contributed by atoms with Crippen LogP contribution in [-0.2, 0) is 72.6 Å². The number of hydrogen-bond acceptors (Lipinski definition) is 18. The van der Waals surface area contributed by atoms with Crippen molar-refractivity contribution in [1.29, 1.82) is 0 Å². The fourth-order valence-electron chi connectivity index (χ4n) is 6.38. The number of azide groups is 1. The zero-order valence-corrected chi connectivity index (χ0v) is 51.6. The molecular formula is C48H86N11NaO16PdS. The first-order valence-electron chi connectivity index (χ1n) is 24.4. The fraction of sp³-hybridized carbons (Fsp3) is 0.792. The number of rotatable bonds is 8. The smallest absolute Gasteiger partial charge is 0.444 e. The van der Waals surface area contributed by atoms with Crippen LogP contribution in [0.5, 0.6) is 0 Å². The molecule has 1 aromatic carbocycles. The number of aliphatic hydroxyl groups excluding tert-OH is 1. The van der Waals surface area contributed by atoms with Gasteiger partial charge < -0.3 is 79.4 Å². The van der Waals surface area contributed by atoms with E-state index >= 15 is 0 Å². The van der Waals surface area contributed by atoms with Crippen molar-refractivity contribution in [2.75, 3.05) is 105 Å². The third-order valence-electron chi connectivity index (χ3n) is 9.70. The molecule has 4 atom stereocenters. The first kappa shape index (κ1) is 78.5. The normalized spacial score (nSPS) is 19.4. The van der Waals surface area contributed by atoms with Crippen molar-refractivity contribution >= 4 is 34.5 Å². The van der Waals surface area contributed by atoms with Crippen molar-refractivity contribution in [1.82, 2.24) is 19.6 Å². The second-order valence-electron chi connectivity index (χ2n) is 21.1. The van der Waals surface area contributed by atoms with Gasteiger partial charge in [-0.15, -0.1) is 0 Å². The number of aryl methyl sites for hydroxylation is 1. The maximum Gasteiger partial charge on any atom is 1.00 e. The standard InChI is InChI=1S/C17H25NO6S.C10H18N4O3.C10H20N2O3.C10H19NO4.CH4.N3.Na.Pd/c1-13-5-7-15(8-6-13)25(20,21)23-12-14-11-18(9-10-22-14)16(19)24-17(2,3)4;1-10(2,3)17-9(15)14-4-5-16-8(7-14)6-12-13-11;1-10(2,3)15-9(13)12-4-5-14-8(6-11)7-12;1-10(2,3)15-9(13)11-4-5-14-8(6-11)7-12;;1-3-2;;/h5-8,14H,9-12H2,1-4H3;8H,4-7H2,1-3H3;8H,4-7,11H2,1-3H3;8,12H,4-7H2,1-3H3;1H4;;;/q;;;;;-1;+1;/t14-;3*8-;;;;/m0110..../s1. The van der Waals surface area contributed by atoms with E-state index in [1.165, 1.54) is 21.9 Å². The fourth-order valence-corrected chi connectivity index (χ4v) is 7.31. The van der Waals surface area contributed by atoms with Crippen LogP contribution in [0.1, 0.15) is 96.1 Å². The maximum atomic E-state index is 12.2. The van der Waals surface area contributed by atoms with E-state index in [2.05, 4.69) is 10.0 Å². The van der Waals surface area contributed by atoms with Gasteiger partial charge in [-0.1, -0.05) is 30.2 Å². The molecule has 30 heteroatoms. The summed E-state index contributed by atoms with van der Waals surface area (Å²) in [5, 5.41) is 12.4. The molecule has 0 aromatic heterocycles. The molecule has 4 fully saturated rings. The molecule has 4 aliphatic rings. The van der Waals surface area contributed by atoms with Gasteiger partial charge in [0.1, 0.15) is 28.5 Å². The van der Waals surface area contributed by atoms with Gasteiger partial charge in [-0.25, -0.2) is 19.2 Å². The number of carbonyl (C=O) groups is 4. The molecule has 0 bridgehead atoms. The molecule has 5 rings (SSSR count). The third-order valence-corrected chi connectivity index (χ3v) is 11.0. The SMILES string of the molecule is C.CC(C)(C)OC(=O)N1CCO[C@H](CN)C1.CC(C)(C)OC(=O)N1CCO[C@H](CN=[N+]=[N-])C1.CC(C)(C)OC(=O)N1CCO[C@H](CO)C1.Cc1ccc(S(=O)(=O)OC[C@@H]2CN(C(=O)OC(C)(C)C)CCO2)cc1.[N-]=[N+]=[N-].[Na+].[Pd]. The summed E-state index contributed by atoms with van der Waals surface area (Å²) in [5.74, 6) is 0. The van der Waals surface area contributed by atoms with E-state index in [1.54, 1.807) is 47.6 Å². The molecule has 4 aliphatic heterocycles. The van der Waals surface area contributed by atoms with Crippen molar-refractivity contribution in [3.63, 3.8) is 0 Å². The summed E-state index contributed by atoms with van der Waals surface area (Å²) in [7, 11) is -3.86. The average molecular weight is 1230 g/mol. The van der Waals surface area contributed by atoms with Gasteiger partial charge in [-0.3, -0.25) is 9.09 Å². The predicted molar refractivity (Wildman–Crippen MR) is 281 cm³/mol. The Morgan fingerprint density at radius 1 is 0.628 bits per heavy atom. The van der Waals surface area contributed by atoms with Gasteiger partial charge in [-0.05, 0) is 108 Å². The minimum Gasteiger partial charge on any atom is -0.444 e. The number of nitrogens with zero attached hydrogens (tertiary/aromatic N) is 10. The number of ether oxygens (including phenoxy) is 8. The molecule has 0 saturated carbocycles. The zero-order chi connectivity index (χ0) is 57.2. The Labute approximate surface area is 497 Å². The predicted octanol–water partition coefficient (Wildman–Crippen LogP) is 3.97. The number of aliphatic hydroxyl groups is 1. The maximum absolute atomic E-state index is 12.2. The van der Waals surface area contributed by atoms with Crippen molar-refractivity contribution in [2.24, 2.45) is 10.8 Å². The second-order valence-corrected chi connectivity index (χ2v) is 22.8. The summed E-state index contributed by atoms with van der Waals surface area (Å²) in [4.78, 5) is 57.8. The molecule has 0 aliphatic carbocycles. The molecule has 4 amide bonds. The van der Waals surface area contributed by atoms with Crippen LogP contribution in [0.3, 0.4) is 0 Å². The molecule has 1 aromatic rings. The van der Waals surface area contributed by atoms with Crippen molar-refractivity contribution in [2.45, 2.75) is 149 Å². The summed E-state index contributed by atoms with van der Waals surface area (Å²) >= 11 is 0. The number of morpholine rings is 4. The molecule has 4 saturated heterocycles. The van der Waals surface area contributed by atoms with Gasteiger partial charge in [0.2, 0.25) is 0 Å². The largest absolute Gasteiger partial charge is 1.00 e. The summed E-state index contributed by atoms with van der Waals surface area (Å²) in [5.41, 5.74) is 26.1. The first-order chi connectivity index (χ1) is 34.7. The van der Waals surface area contributed by atoms with Crippen LogP contribution in [0.4, 0.5) is 19.2 Å². The Kier molecular flexibility index (Phi) is 38.3. The Morgan fingerprint density at radius 2 is 0.936 bits per heavy atom. The molecule has 3 N–H and O–H groups in total. The molecule has 446 valence electrons. The van der Waals surface area contributed by atoms with Gasteiger partial charge in [0.15, 0.2) is 0 Å². The molecule has 78 heavy (non-hydrogen) atoms. The Bertz CT molecular complexity index is 2070. The molecule has 0 spiro atoms. The Morgan fingerprint density at radius 3 is 1.27 bits per heavy atom. The minimum atomic E-state index is -3.86. The zero-order valence-electron chi connectivity index (χ0n) is 47.3. The van der Waals surface area contributed by atoms with E-state index in [0.29, 0.717) is 78.8 Å². The summed E-state index contributed by atoms with van der Waals surface area (Å²) in [6.45, 7) is 29.4. The van der Waals surface area contributed by atoms with E-state index in [0.717, 1.165) is 5.56 Å². The van der Waals surface area contributed by atoms with Crippen LogP contribution in [0.15, 0.2) is 34.3 Å². The molecule has 0 unspecified atom stereocenters. The van der Waals surface area contributed by atoms with Crippen LogP contribution in [-0.4, -0.2) is 209 Å². The van der Waals surface area contributed by atoms with Crippen molar-refractivity contribution in [3.05, 3.63) is 56.2 Å². The first-order valence-corrected chi connectivity index (χ1v) is 25.8. The van der Waals surface area contributed by atoms with E-state index < -0.39 is 44.7 Å². The van der Waals surface area contributed by atoms with Crippen LogP contribution in [0.2, 0.25) is 0 Å². The van der Waals surface area contributed by atoms with Gasteiger partial charge in [0, 0.05) is 58.1 Å². The summed E-state index contributed by atoms with van der Waals surface area (Å²) in [6.07, 6.45) is -2.55. The number of nitrogens with two attached hydrogens (primary N) is 1. The van der Waals surface area contributed by atoms with Gasteiger partial charge in [0.05, 0.1) is 95.6 Å². The summed E-state index contributed by atoms with van der Waals surface area (Å²) in [6, 6.07) is 6.41. The van der Waals surface area contributed by atoms with Crippen molar-refractivity contribution < 1.29 is 125 Å². The topological polar surface area (TPSA) is 352 Å². The van der Waals surface area contributed by atoms with E-state index in [1.807, 2.05) is 69.2 Å². The quantitative estimate of drug-likeness (QED) is 0.0928. The van der Waals surface area contributed by atoms with E-state index in [9.17, 15) is 27.6 Å². The summed E-state index contributed by atoms with van der Waals surface area (Å²) < 4.78 is 72.0. The molecule has 0 radical (unpaired) electrons. The molecule has 4 heterocycles. The Balaban J connectivity index is -0.000000954. The third kappa shape index (κ3) is 35.1. The average Bonchev–Trinajstić information content (AvgIpc) is 3.32. The van der Waals surface area contributed by atoms with Gasteiger partial charge in [-0.2, -0.15) is 8.42 Å². The molecular weight excluding hydrogens is 1150 g/mol. The Hall–Kier alpha value is -3.75. The van der Waals surface area contributed by atoms with Crippen LogP contribution < -0.4 is 35.3 Å². The van der Waals surface area contributed by atoms with Crippen LogP contribution in [0, 0.1) is 6.92 Å². The second kappa shape index (κ2) is 38.0. The van der Waals surface area contributed by atoms with E-state index in [4.69, 9.17) is 69.5 Å². The molecule has 27 nitrogen and oxygen atoms in total. The number of carbonyl (C=O) groups excluding carboxylic acids is 4. The number of benzene rings is 1. The van der Waals surface area contributed by atoms with Crippen molar-refractivity contribution in [3.8, 4) is 0 Å². The van der Waals surface area contributed by atoms with Crippen LogP contribution >= 0.6 is 0 Å².